The molecule has 0 spiro atoms. The fourth-order valence-corrected chi connectivity index (χ4v) is 4.53. The molecule has 1 N–H and O–H groups in total. The SMILES string of the molecule is CCn1nc(C(=O)NC[C@@H](c2cccs2)N2CCOCC2)c2ccccc2c1=O. The predicted octanol–water partition coefficient (Wildman–Crippen LogP) is 2.28. The van der Waals surface area contributed by atoms with Crippen molar-refractivity contribution < 1.29 is 9.53 Å². The number of thiophene rings is 1. The van der Waals surface area contributed by atoms with E-state index in [1.165, 1.54) is 9.56 Å². The Bertz CT molecular complexity index is 1040. The van der Waals surface area contributed by atoms with Crippen LogP contribution in [0.3, 0.4) is 0 Å². The Balaban J connectivity index is 1.60. The van der Waals surface area contributed by atoms with Gasteiger partial charge in [0.25, 0.3) is 11.5 Å². The monoisotopic (exact) mass is 412 g/mol. The highest BCUT2D eigenvalue weighted by Gasteiger charge is 2.25. The highest BCUT2D eigenvalue weighted by Crippen LogP contribution is 2.25. The van der Waals surface area contributed by atoms with Crippen molar-refractivity contribution in [1.82, 2.24) is 20.0 Å². The van der Waals surface area contributed by atoms with E-state index in [1.807, 2.05) is 19.1 Å². The van der Waals surface area contributed by atoms with E-state index < -0.39 is 0 Å². The summed E-state index contributed by atoms with van der Waals surface area (Å²) in [7, 11) is 0. The first-order valence-electron chi connectivity index (χ1n) is 9.82. The molecule has 1 aliphatic rings. The molecule has 1 aromatic carbocycles. The molecule has 3 aromatic rings. The predicted molar refractivity (Wildman–Crippen MR) is 113 cm³/mol. The normalized spacial score (nSPS) is 16.0. The van der Waals surface area contributed by atoms with Gasteiger partial charge in [-0.1, -0.05) is 24.3 Å². The van der Waals surface area contributed by atoms with Crippen molar-refractivity contribution in [3.63, 3.8) is 0 Å². The number of aryl methyl sites for hydroxylation is 1. The lowest BCUT2D eigenvalue weighted by Gasteiger charge is -2.34. The Kier molecular flexibility index (Phi) is 6.03. The lowest BCUT2D eigenvalue weighted by atomic mass is 10.1. The summed E-state index contributed by atoms with van der Waals surface area (Å²) in [5.41, 5.74) is 0.110. The van der Waals surface area contributed by atoms with Gasteiger partial charge >= 0.3 is 0 Å². The van der Waals surface area contributed by atoms with Gasteiger partial charge < -0.3 is 10.1 Å². The summed E-state index contributed by atoms with van der Waals surface area (Å²) in [6, 6.07) is 11.4. The van der Waals surface area contributed by atoms with Crippen LogP contribution in [0.15, 0.2) is 46.6 Å². The number of fused-ring (bicyclic) bond motifs is 1. The fourth-order valence-electron chi connectivity index (χ4n) is 3.67. The van der Waals surface area contributed by atoms with Crippen LogP contribution in [-0.2, 0) is 11.3 Å². The summed E-state index contributed by atoms with van der Waals surface area (Å²) in [6.07, 6.45) is 0. The third-order valence-corrected chi connectivity index (χ3v) is 6.17. The number of carbonyl (C=O) groups is 1. The fraction of sp³-hybridized carbons (Fsp3) is 0.381. The first-order valence-corrected chi connectivity index (χ1v) is 10.7. The van der Waals surface area contributed by atoms with Crippen molar-refractivity contribution in [2.45, 2.75) is 19.5 Å². The topological polar surface area (TPSA) is 76.5 Å². The zero-order valence-electron chi connectivity index (χ0n) is 16.3. The Morgan fingerprint density at radius 3 is 2.66 bits per heavy atom. The van der Waals surface area contributed by atoms with Gasteiger partial charge in [-0.25, -0.2) is 4.68 Å². The quantitative estimate of drug-likeness (QED) is 0.672. The molecule has 0 radical (unpaired) electrons. The van der Waals surface area contributed by atoms with E-state index in [9.17, 15) is 9.59 Å². The zero-order chi connectivity index (χ0) is 20.2. The Hall–Kier alpha value is -2.55. The maximum atomic E-state index is 13.1. The van der Waals surface area contributed by atoms with Crippen LogP contribution in [0.4, 0.5) is 0 Å². The van der Waals surface area contributed by atoms with E-state index in [0.29, 0.717) is 37.1 Å². The molecule has 2 aromatic heterocycles. The number of hydrogen-bond donors (Lipinski definition) is 1. The summed E-state index contributed by atoms with van der Waals surface area (Å²) >= 11 is 1.69. The highest BCUT2D eigenvalue weighted by atomic mass is 32.1. The summed E-state index contributed by atoms with van der Waals surface area (Å²) in [4.78, 5) is 29.1. The van der Waals surface area contributed by atoms with Crippen LogP contribution in [0.2, 0.25) is 0 Å². The molecule has 1 aliphatic heterocycles. The van der Waals surface area contributed by atoms with Gasteiger partial charge in [0.15, 0.2) is 5.69 Å². The van der Waals surface area contributed by atoms with Gasteiger partial charge in [-0.3, -0.25) is 14.5 Å². The molecular formula is C21H24N4O3S. The zero-order valence-corrected chi connectivity index (χ0v) is 17.2. The second kappa shape index (κ2) is 8.86. The number of nitrogens with one attached hydrogen (secondary N) is 1. The minimum atomic E-state index is -0.266. The van der Waals surface area contributed by atoms with E-state index in [4.69, 9.17) is 4.74 Å². The largest absolute Gasteiger partial charge is 0.379 e. The van der Waals surface area contributed by atoms with Crippen LogP contribution in [-0.4, -0.2) is 53.4 Å². The Morgan fingerprint density at radius 2 is 1.97 bits per heavy atom. The van der Waals surface area contributed by atoms with E-state index in [-0.39, 0.29) is 23.2 Å². The van der Waals surface area contributed by atoms with Crippen molar-refractivity contribution >= 4 is 28.0 Å². The molecule has 0 saturated carbocycles. The summed E-state index contributed by atoms with van der Waals surface area (Å²) < 4.78 is 6.82. The number of hydrogen-bond acceptors (Lipinski definition) is 6. The first-order chi connectivity index (χ1) is 14.2. The molecular weight excluding hydrogens is 388 g/mol. The third-order valence-electron chi connectivity index (χ3n) is 5.20. The number of nitrogens with zero attached hydrogens (tertiary/aromatic N) is 3. The molecule has 1 amide bonds. The molecule has 3 heterocycles. The van der Waals surface area contributed by atoms with E-state index in [1.54, 1.807) is 29.5 Å². The van der Waals surface area contributed by atoms with E-state index >= 15 is 0 Å². The maximum absolute atomic E-state index is 13.1. The lowest BCUT2D eigenvalue weighted by molar-refractivity contribution is 0.0169. The number of rotatable bonds is 6. The van der Waals surface area contributed by atoms with Gasteiger partial charge in [-0.2, -0.15) is 5.10 Å². The number of benzene rings is 1. The Morgan fingerprint density at radius 1 is 1.21 bits per heavy atom. The molecule has 1 atom stereocenters. The summed E-state index contributed by atoms with van der Waals surface area (Å²) in [5.74, 6) is -0.266. The second-order valence-corrected chi connectivity index (χ2v) is 7.88. The van der Waals surface area contributed by atoms with Gasteiger partial charge in [0, 0.05) is 36.4 Å². The molecule has 0 unspecified atom stereocenters. The van der Waals surface area contributed by atoms with Crippen LogP contribution >= 0.6 is 11.3 Å². The lowest BCUT2D eigenvalue weighted by Crippen LogP contribution is -2.43. The van der Waals surface area contributed by atoms with E-state index in [0.717, 1.165) is 13.1 Å². The van der Waals surface area contributed by atoms with Gasteiger partial charge in [0.2, 0.25) is 0 Å². The van der Waals surface area contributed by atoms with Crippen LogP contribution < -0.4 is 10.9 Å². The first kappa shape index (κ1) is 19.8. The Labute approximate surface area is 172 Å². The molecule has 8 heteroatoms. The minimum absolute atomic E-state index is 0.0891. The van der Waals surface area contributed by atoms with Crippen molar-refractivity contribution in [3.8, 4) is 0 Å². The standard InChI is InChI=1S/C21H24N4O3S/c1-2-25-21(27)16-7-4-3-6-15(16)19(23-25)20(26)22-14-17(18-8-5-13-29-18)24-9-11-28-12-10-24/h3-8,13,17H,2,9-12,14H2,1H3,(H,22,26)/t17-/m0/s1. The molecule has 7 nitrogen and oxygen atoms in total. The van der Waals surface area contributed by atoms with Gasteiger partial charge in [-0.05, 0) is 24.4 Å². The minimum Gasteiger partial charge on any atom is -0.379 e. The number of carbonyl (C=O) groups excluding carboxylic acids is 1. The van der Waals surface area contributed by atoms with Gasteiger partial charge in [0.05, 0.1) is 24.6 Å². The third kappa shape index (κ3) is 4.10. The molecule has 152 valence electrons. The summed E-state index contributed by atoms with van der Waals surface area (Å²) in [6.45, 7) is 5.79. The number of ether oxygens (including phenoxy) is 1. The molecule has 4 rings (SSSR count). The van der Waals surface area contributed by atoms with Crippen LogP contribution in [0, 0.1) is 0 Å². The molecule has 0 aliphatic carbocycles. The highest BCUT2D eigenvalue weighted by molar-refractivity contribution is 7.10. The number of aromatic nitrogens is 2. The molecule has 29 heavy (non-hydrogen) atoms. The van der Waals surface area contributed by atoms with Crippen molar-refractivity contribution in [1.29, 1.82) is 0 Å². The van der Waals surface area contributed by atoms with Crippen molar-refractivity contribution in [3.05, 3.63) is 62.7 Å². The number of morpholine rings is 1. The molecule has 0 bridgehead atoms. The van der Waals surface area contributed by atoms with Gasteiger partial charge in [-0.15, -0.1) is 11.3 Å². The van der Waals surface area contributed by atoms with Crippen LogP contribution in [0.1, 0.15) is 28.3 Å². The van der Waals surface area contributed by atoms with Gasteiger partial charge in [0.1, 0.15) is 0 Å². The summed E-state index contributed by atoms with van der Waals surface area (Å²) in [5, 5.41) is 10.5. The average molecular weight is 413 g/mol. The van der Waals surface area contributed by atoms with Crippen molar-refractivity contribution in [2.75, 3.05) is 32.8 Å². The maximum Gasteiger partial charge on any atom is 0.274 e. The van der Waals surface area contributed by atoms with Crippen LogP contribution in [0.5, 0.6) is 0 Å². The average Bonchev–Trinajstić information content (AvgIpc) is 3.29. The molecule has 1 fully saturated rings. The van der Waals surface area contributed by atoms with E-state index in [2.05, 4.69) is 26.8 Å². The smallest absolute Gasteiger partial charge is 0.274 e. The second-order valence-electron chi connectivity index (χ2n) is 6.90. The molecule has 1 saturated heterocycles. The van der Waals surface area contributed by atoms with Crippen LogP contribution in [0.25, 0.3) is 10.8 Å². The number of amides is 1. The van der Waals surface area contributed by atoms with Crippen molar-refractivity contribution in [2.24, 2.45) is 0 Å².